The van der Waals surface area contributed by atoms with E-state index in [1.165, 1.54) is 0 Å². The van der Waals surface area contributed by atoms with Gasteiger partial charge in [-0.05, 0) is 24.6 Å². The van der Waals surface area contributed by atoms with Gasteiger partial charge in [-0.3, -0.25) is 14.5 Å². The smallest absolute Gasteiger partial charge is 0.313 e. The molecular formula is C15H21N3O3. The summed E-state index contributed by atoms with van der Waals surface area (Å²) in [6.45, 7) is 6.30. The summed E-state index contributed by atoms with van der Waals surface area (Å²) in [7, 11) is 0. The molecule has 1 saturated heterocycles. The molecule has 114 valence electrons. The summed E-state index contributed by atoms with van der Waals surface area (Å²) < 4.78 is 5.25. The molecule has 1 fully saturated rings. The van der Waals surface area contributed by atoms with Gasteiger partial charge in [0.1, 0.15) is 0 Å². The van der Waals surface area contributed by atoms with Crippen molar-refractivity contribution >= 4 is 17.5 Å². The molecule has 0 radical (unpaired) electrons. The molecule has 0 unspecified atom stereocenters. The van der Waals surface area contributed by atoms with Crippen LogP contribution in [0.1, 0.15) is 5.56 Å². The SMILES string of the molecule is Cc1cccc(NC(=O)C(=O)NCCN2CCOCC2)c1. The van der Waals surface area contributed by atoms with Crippen molar-refractivity contribution in [2.75, 3.05) is 44.7 Å². The molecule has 2 amide bonds. The summed E-state index contributed by atoms with van der Waals surface area (Å²) in [5, 5.41) is 5.22. The number of nitrogens with one attached hydrogen (secondary N) is 2. The van der Waals surface area contributed by atoms with E-state index in [4.69, 9.17) is 4.74 Å². The first-order valence-electron chi connectivity index (χ1n) is 7.11. The van der Waals surface area contributed by atoms with Crippen LogP contribution in [0.4, 0.5) is 5.69 Å². The number of amides is 2. The fourth-order valence-electron chi connectivity index (χ4n) is 2.14. The average Bonchev–Trinajstić information content (AvgIpc) is 2.48. The van der Waals surface area contributed by atoms with Crippen LogP contribution in [0.2, 0.25) is 0 Å². The third-order valence-electron chi connectivity index (χ3n) is 3.30. The van der Waals surface area contributed by atoms with Crippen LogP contribution in [-0.2, 0) is 14.3 Å². The number of benzene rings is 1. The molecular weight excluding hydrogens is 270 g/mol. The van der Waals surface area contributed by atoms with Crippen molar-refractivity contribution in [2.24, 2.45) is 0 Å². The van der Waals surface area contributed by atoms with Crippen LogP contribution in [0, 0.1) is 6.92 Å². The van der Waals surface area contributed by atoms with E-state index in [0.717, 1.165) is 38.4 Å². The highest BCUT2D eigenvalue weighted by Gasteiger charge is 2.14. The maximum Gasteiger partial charge on any atom is 0.313 e. The number of ether oxygens (including phenoxy) is 1. The summed E-state index contributed by atoms with van der Waals surface area (Å²) in [5.74, 6) is -1.24. The first-order valence-corrected chi connectivity index (χ1v) is 7.11. The largest absolute Gasteiger partial charge is 0.379 e. The molecule has 0 atom stereocenters. The van der Waals surface area contributed by atoms with Gasteiger partial charge in [-0.25, -0.2) is 0 Å². The summed E-state index contributed by atoms with van der Waals surface area (Å²) in [6.07, 6.45) is 0. The maximum absolute atomic E-state index is 11.7. The molecule has 2 N–H and O–H groups in total. The van der Waals surface area contributed by atoms with Gasteiger partial charge in [-0.15, -0.1) is 0 Å². The number of morpholine rings is 1. The molecule has 1 aromatic rings. The van der Waals surface area contributed by atoms with Gasteiger partial charge in [0.15, 0.2) is 0 Å². The van der Waals surface area contributed by atoms with Crippen molar-refractivity contribution in [1.82, 2.24) is 10.2 Å². The third kappa shape index (κ3) is 5.17. The lowest BCUT2D eigenvalue weighted by Gasteiger charge is -2.26. The second-order valence-corrected chi connectivity index (χ2v) is 5.03. The Kier molecular flexibility index (Phi) is 5.71. The number of hydrogen-bond donors (Lipinski definition) is 2. The van der Waals surface area contributed by atoms with E-state index < -0.39 is 11.8 Å². The van der Waals surface area contributed by atoms with Crippen molar-refractivity contribution in [3.05, 3.63) is 29.8 Å². The Morgan fingerprint density at radius 1 is 1.24 bits per heavy atom. The number of rotatable bonds is 4. The topological polar surface area (TPSA) is 70.7 Å². The van der Waals surface area contributed by atoms with Crippen molar-refractivity contribution in [1.29, 1.82) is 0 Å². The Morgan fingerprint density at radius 2 is 2.00 bits per heavy atom. The number of carbonyl (C=O) groups excluding carboxylic acids is 2. The van der Waals surface area contributed by atoms with Crippen LogP contribution in [0.25, 0.3) is 0 Å². The second-order valence-electron chi connectivity index (χ2n) is 5.03. The molecule has 21 heavy (non-hydrogen) atoms. The molecule has 0 bridgehead atoms. The molecule has 1 aliphatic heterocycles. The minimum Gasteiger partial charge on any atom is -0.379 e. The van der Waals surface area contributed by atoms with Crippen LogP contribution in [-0.4, -0.2) is 56.1 Å². The van der Waals surface area contributed by atoms with E-state index in [1.54, 1.807) is 6.07 Å². The Morgan fingerprint density at radius 3 is 2.71 bits per heavy atom. The lowest BCUT2D eigenvalue weighted by molar-refractivity contribution is -0.136. The highest BCUT2D eigenvalue weighted by atomic mass is 16.5. The first kappa shape index (κ1) is 15.5. The third-order valence-corrected chi connectivity index (χ3v) is 3.30. The fourth-order valence-corrected chi connectivity index (χ4v) is 2.14. The zero-order valence-corrected chi connectivity index (χ0v) is 12.2. The molecule has 0 spiro atoms. The Balaban J connectivity index is 1.71. The minimum atomic E-state index is -0.637. The number of hydrogen-bond acceptors (Lipinski definition) is 4. The van der Waals surface area contributed by atoms with Crippen LogP contribution in [0.3, 0.4) is 0 Å². The van der Waals surface area contributed by atoms with Gasteiger partial charge in [0.25, 0.3) is 0 Å². The van der Waals surface area contributed by atoms with Gasteiger partial charge < -0.3 is 15.4 Å². The molecule has 0 aliphatic carbocycles. The molecule has 6 heteroatoms. The number of aryl methyl sites for hydroxylation is 1. The summed E-state index contributed by atoms with van der Waals surface area (Å²) >= 11 is 0. The second kappa shape index (κ2) is 7.75. The molecule has 0 aromatic heterocycles. The highest BCUT2D eigenvalue weighted by Crippen LogP contribution is 2.08. The lowest BCUT2D eigenvalue weighted by atomic mass is 10.2. The van der Waals surface area contributed by atoms with Crippen molar-refractivity contribution in [2.45, 2.75) is 6.92 Å². The van der Waals surface area contributed by atoms with Gasteiger partial charge in [0, 0.05) is 31.9 Å². The normalized spacial score (nSPS) is 15.5. The Labute approximate surface area is 124 Å². The average molecular weight is 291 g/mol. The van der Waals surface area contributed by atoms with Gasteiger partial charge in [-0.1, -0.05) is 12.1 Å². The predicted molar refractivity (Wildman–Crippen MR) is 80.1 cm³/mol. The molecule has 1 aliphatic rings. The maximum atomic E-state index is 11.7. The molecule has 1 heterocycles. The lowest BCUT2D eigenvalue weighted by Crippen LogP contribution is -2.43. The molecule has 0 saturated carbocycles. The quantitative estimate of drug-likeness (QED) is 0.787. The van der Waals surface area contributed by atoms with Gasteiger partial charge in [-0.2, -0.15) is 0 Å². The van der Waals surface area contributed by atoms with Crippen LogP contribution in [0.5, 0.6) is 0 Å². The summed E-state index contributed by atoms with van der Waals surface area (Å²) in [5.41, 5.74) is 1.66. The van der Waals surface area contributed by atoms with Gasteiger partial charge >= 0.3 is 11.8 Å². The monoisotopic (exact) mass is 291 g/mol. The zero-order valence-electron chi connectivity index (χ0n) is 12.2. The molecule has 6 nitrogen and oxygen atoms in total. The Hall–Kier alpha value is -1.92. The van der Waals surface area contributed by atoms with Crippen LogP contribution < -0.4 is 10.6 Å². The first-order chi connectivity index (χ1) is 10.1. The Bertz CT molecular complexity index is 499. The van der Waals surface area contributed by atoms with Gasteiger partial charge in [0.2, 0.25) is 0 Å². The predicted octanol–water partition coefficient (Wildman–Crippen LogP) is 0.382. The molecule has 2 rings (SSSR count). The van der Waals surface area contributed by atoms with Crippen LogP contribution in [0.15, 0.2) is 24.3 Å². The van der Waals surface area contributed by atoms with Gasteiger partial charge in [0.05, 0.1) is 13.2 Å². The number of nitrogens with zero attached hydrogens (tertiary/aromatic N) is 1. The van der Waals surface area contributed by atoms with E-state index in [2.05, 4.69) is 15.5 Å². The number of anilines is 1. The van der Waals surface area contributed by atoms with Crippen molar-refractivity contribution < 1.29 is 14.3 Å². The summed E-state index contributed by atoms with van der Waals surface area (Å²) in [4.78, 5) is 25.7. The van der Waals surface area contributed by atoms with E-state index >= 15 is 0 Å². The van der Waals surface area contributed by atoms with E-state index in [9.17, 15) is 9.59 Å². The van der Waals surface area contributed by atoms with E-state index in [1.807, 2.05) is 25.1 Å². The minimum absolute atomic E-state index is 0.458. The standard InChI is InChI=1S/C15H21N3O3/c1-12-3-2-4-13(11-12)17-15(20)14(19)16-5-6-18-7-9-21-10-8-18/h2-4,11H,5-10H2,1H3,(H,16,19)(H,17,20). The zero-order chi connectivity index (χ0) is 15.1. The van der Waals surface area contributed by atoms with E-state index in [0.29, 0.717) is 12.2 Å². The van der Waals surface area contributed by atoms with Crippen molar-refractivity contribution in [3.8, 4) is 0 Å². The molecule has 1 aromatic carbocycles. The van der Waals surface area contributed by atoms with Crippen LogP contribution >= 0.6 is 0 Å². The van der Waals surface area contributed by atoms with Crippen molar-refractivity contribution in [3.63, 3.8) is 0 Å². The summed E-state index contributed by atoms with van der Waals surface area (Å²) in [6, 6.07) is 7.34. The number of carbonyl (C=O) groups is 2. The fraction of sp³-hybridized carbons (Fsp3) is 0.467. The highest BCUT2D eigenvalue weighted by molar-refractivity contribution is 6.39. The van der Waals surface area contributed by atoms with E-state index in [-0.39, 0.29) is 0 Å².